The molecule has 38 heavy (non-hydrogen) atoms. The normalized spacial score (nSPS) is 24.2. The van der Waals surface area contributed by atoms with Gasteiger partial charge in [0.15, 0.2) is 17.0 Å². The molecule has 2 amide bonds. The Kier molecular flexibility index (Phi) is 6.19. The predicted octanol–water partition coefficient (Wildman–Crippen LogP) is 3.03. The van der Waals surface area contributed by atoms with Gasteiger partial charge in [0, 0.05) is 37.3 Å². The average Bonchev–Trinajstić information content (AvgIpc) is 3.24. The number of carbonyl (C=O) groups excluding carboxylic acids is 2. The number of aromatic hydroxyl groups is 1. The Labute approximate surface area is 213 Å². The van der Waals surface area contributed by atoms with Crippen LogP contribution in [-0.4, -0.2) is 56.7 Å². The quantitative estimate of drug-likeness (QED) is 0.584. The number of hydrogen-bond donors (Lipinski definition) is 2. The van der Waals surface area contributed by atoms with Crippen molar-refractivity contribution in [2.75, 3.05) is 6.54 Å². The molecule has 0 radical (unpaired) electrons. The number of nitrogens with one attached hydrogen (secondary N) is 1. The SMILES string of the molecule is Cc1cc(F)c(CNC(=O)c2cn3c(c(O)c2=O)C(=O)N2C[C@@H]3[C@]3(CC[C@@H]2C)CC(C(F)F)=NO3)c(F)c1. The van der Waals surface area contributed by atoms with Gasteiger partial charge in [-0.15, -0.1) is 0 Å². The van der Waals surface area contributed by atoms with E-state index in [-0.39, 0.29) is 25.4 Å². The molecule has 4 heterocycles. The summed E-state index contributed by atoms with van der Waals surface area (Å²) in [5.74, 6) is -4.49. The molecule has 1 spiro atoms. The number of carbonyl (C=O) groups is 2. The lowest BCUT2D eigenvalue weighted by atomic mass is 9.84. The lowest BCUT2D eigenvalue weighted by Gasteiger charge is -2.41. The summed E-state index contributed by atoms with van der Waals surface area (Å²) in [4.78, 5) is 46.2. The van der Waals surface area contributed by atoms with Gasteiger partial charge >= 0.3 is 0 Å². The molecule has 1 aromatic heterocycles. The second-order valence-corrected chi connectivity index (χ2v) is 9.94. The van der Waals surface area contributed by atoms with Crippen molar-refractivity contribution in [1.29, 1.82) is 0 Å². The topological polar surface area (TPSA) is 113 Å². The summed E-state index contributed by atoms with van der Waals surface area (Å²) in [6, 6.07) is 0.954. The predicted molar refractivity (Wildman–Crippen MR) is 125 cm³/mol. The van der Waals surface area contributed by atoms with E-state index >= 15 is 0 Å². The van der Waals surface area contributed by atoms with Crippen molar-refractivity contribution in [2.45, 2.75) is 63.8 Å². The first-order valence-corrected chi connectivity index (χ1v) is 12.0. The van der Waals surface area contributed by atoms with E-state index in [1.807, 2.05) is 0 Å². The smallest absolute Gasteiger partial charge is 0.279 e. The number of nitrogens with zero attached hydrogens (tertiary/aromatic N) is 3. The van der Waals surface area contributed by atoms with E-state index in [0.29, 0.717) is 12.0 Å². The summed E-state index contributed by atoms with van der Waals surface area (Å²) in [6.07, 6.45) is -1.43. The third-order valence-corrected chi connectivity index (χ3v) is 7.54. The van der Waals surface area contributed by atoms with Crippen LogP contribution in [0.4, 0.5) is 17.6 Å². The van der Waals surface area contributed by atoms with Gasteiger partial charge in [0.1, 0.15) is 22.9 Å². The third-order valence-electron chi connectivity index (χ3n) is 7.54. The van der Waals surface area contributed by atoms with E-state index in [9.17, 15) is 37.1 Å². The van der Waals surface area contributed by atoms with Crippen molar-refractivity contribution in [3.8, 4) is 5.75 Å². The van der Waals surface area contributed by atoms with Crippen molar-refractivity contribution < 1.29 is 37.1 Å². The van der Waals surface area contributed by atoms with Crippen molar-refractivity contribution in [1.82, 2.24) is 14.8 Å². The fourth-order valence-electron chi connectivity index (χ4n) is 5.42. The number of halogens is 4. The summed E-state index contributed by atoms with van der Waals surface area (Å²) in [6.45, 7) is 2.67. The Morgan fingerprint density at radius 2 is 1.97 bits per heavy atom. The van der Waals surface area contributed by atoms with E-state index in [4.69, 9.17) is 4.84 Å². The maximum absolute atomic E-state index is 14.2. The maximum Gasteiger partial charge on any atom is 0.279 e. The molecular weight excluding hydrogens is 512 g/mol. The minimum Gasteiger partial charge on any atom is -0.503 e. The molecule has 2 bridgehead atoms. The standard InChI is InChI=1S/C25H24F4N4O5/c1-11-5-15(26)13(16(27)6-11)8-30-23(36)14-9-33-18-10-32(24(37)19(33)21(35)20(14)34)12(2)3-4-25(18)7-17(22(28)29)31-38-25/h5-6,9,12,18,22,35H,3-4,7-8,10H2,1-2H3,(H,30,36)/t12-,18+,25-/m0/s1. The Bertz CT molecular complexity index is 1420. The highest BCUT2D eigenvalue weighted by molar-refractivity contribution is 5.99. The molecule has 1 fully saturated rings. The van der Waals surface area contributed by atoms with Crippen molar-refractivity contribution in [3.05, 3.63) is 62.6 Å². The zero-order valence-corrected chi connectivity index (χ0v) is 20.4. The Hall–Kier alpha value is -3.90. The molecule has 13 heteroatoms. The molecule has 3 aliphatic heterocycles. The molecular formula is C25H24F4N4O5. The second kappa shape index (κ2) is 9.14. The number of aromatic nitrogens is 1. The zero-order valence-electron chi connectivity index (χ0n) is 20.4. The van der Waals surface area contributed by atoms with E-state index < -0.39 is 81.8 Å². The summed E-state index contributed by atoms with van der Waals surface area (Å²) >= 11 is 0. The Morgan fingerprint density at radius 3 is 2.61 bits per heavy atom. The van der Waals surface area contributed by atoms with Crippen LogP contribution in [0.1, 0.15) is 64.2 Å². The lowest BCUT2D eigenvalue weighted by Crippen LogP contribution is -2.52. The van der Waals surface area contributed by atoms with Gasteiger partial charge in [-0.1, -0.05) is 5.16 Å². The second-order valence-electron chi connectivity index (χ2n) is 9.94. The van der Waals surface area contributed by atoms with Crippen LogP contribution in [0, 0.1) is 18.6 Å². The van der Waals surface area contributed by atoms with Gasteiger partial charge < -0.3 is 24.7 Å². The maximum atomic E-state index is 14.2. The van der Waals surface area contributed by atoms with E-state index in [2.05, 4.69) is 10.5 Å². The van der Waals surface area contributed by atoms with Gasteiger partial charge in [-0.2, -0.15) is 0 Å². The molecule has 3 aliphatic rings. The molecule has 0 saturated carbocycles. The van der Waals surface area contributed by atoms with Gasteiger partial charge in [0.2, 0.25) is 5.43 Å². The number of benzene rings is 1. The molecule has 2 aromatic rings. The van der Waals surface area contributed by atoms with Crippen LogP contribution in [-0.2, 0) is 11.4 Å². The fraction of sp³-hybridized carbons (Fsp3) is 0.440. The van der Waals surface area contributed by atoms with E-state index in [1.165, 1.54) is 16.4 Å². The van der Waals surface area contributed by atoms with Crippen molar-refractivity contribution in [3.63, 3.8) is 0 Å². The largest absolute Gasteiger partial charge is 0.503 e. The van der Waals surface area contributed by atoms with Crippen molar-refractivity contribution in [2.24, 2.45) is 5.16 Å². The first-order valence-electron chi connectivity index (χ1n) is 12.0. The molecule has 0 aliphatic carbocycles. The summed E-state index contributed by atoms with van der Waals surface area (Å²) in [5.41, 5.74) is -4.02. The highest BCUT2D eigenvalue weighted by Crippen LogP contribution is 2.46. The first kappa shape index (κ1) is 25.7. The lowest BCUT2D eigenvalue weighted by molar-refractivity contribution is -0.0655. The molecule has 1 aromatic carbocycles. The number of rotatable bonds is 4. The van der Waals surface area contributed by atoms with E-state index in [1.54, 1.807) is 6.92 Å². The number of aryl methyl sites for hydroxylation is 1. The van der Waals surface area contributed by atoms with Crippen LogP contribution in [0.2, 0.25) is 0 Å². The highest BCUT2D eigenvalue weighted by atomic mass is 19.3. The number of fused-ring (bicyclic) bond motifs is 5. The molecule has 1 saturated heterocycles. The Balaban J connectivity index is 1.55. The van der Waals surface area contributed by atoms with Crippen LogP contribution >= 0.6 is 0 Å². The zero-order chi connectivity index (χ0) is 27.5. The first-order chi connectivity index (χ1) is 17.9. The molecule has 202 valence electrons. The molecule has 2 N–H and O–H groups in total. The third kappa shape index (κ3) is 4.00. The van der Waals surface area contributed by atoms with Gasteiger partial charge in [0.25, 0.3) is 18.2 Å². The van der Waals surface area contributed by atoms with E-state index in [0.717, 1.165) is 18.3 Å². The molecule has 9 nitrogen and oxygen atoms in total. The number of alkyl halides is 2. The summed E-state index contributed by atoms with van der Waals surface area (Å²) < 4.78 is 56.6. The average molecular weight is 536 g/mol. The number of hydrogen-bond acceptors (Lipinski definition) is 6. The number of amides is 2. The fourth-order valence-corrected chi connectivity index (χ4v) is 5.42. The van der Waals surface area contributed by atoms with Crippen LogP contribution in [0.3, 0.4) is 0 Å². The highest BCUT2D eigenvalue weighted by Gasteiger charge is 2.55. The summed E-state index contributed by atoms with van der Waals surface area (Å²) in [7, 11) is 0. The van der Waals surface area contributed by atoms with Crippen LogP contribution in [0.5, 0.6) is 5.75 Å². The van der Waals surface area contributed by atoms with Gasteiger partial charge in [0.05, 0.1) is 6.04 Å². The minimum atomic E-state index is -2.86. The molecule has 5 rings (SSSR count). The minimum absolute atomic E-state index is 0.00218. The summed E-state index contributed by atoms with van der Waals surface area (Å²) in [5, 5.41) is 16.6. The van der Waals surface area contributed by atoms with Crippen LogP contribution in [0.25, 0.3) is 0 Å². The number of oxime groups is 1. The number of pyridine rings is 1. The van der Waals surface area contributed by atoms with Crippen LogP contribution in [0.15, 0.2) is 28.3 Å². The van der Waals surface area contributed by atoms with Gasteiger partial charge in [-0.3, -0.25) is 14.4 Å². The van der Waals surface area contributed by atoms with Crippen molar-refractivity contribution >= 4 is 17.5 Å². The molecule has 3 atom stereocenters. The van der Waals surface area contributed by atoms with Gasteiger partial charge in [-0.05, 0) is 44.4 Å². The molecule has 0 unspecified atom stereocenters. The Morgan fingerprint density at radius 1 is 1.29 bits per heavy atom. The van der Waals surface area contributed by atoms with Gasteiger partial charge in [-0.25, -0.2) is 17.6 Å². The van der Waals surface area contributed by atoms with Crippen LogP contribution < -0.4 is 10.7 Å². The monoisotopic (exact) mass is 536 g/mol.